The first kappa shape index (κ1) is 9.02. The zero-order valence-corrected chi connectivity index (χ0v) is 7.12. The van der Waals surface area contributed by atoms with Gasteiger partial charge in [0.15, 0.2) is 0 Å². The molecule has 12 heavy (non-hydrogen) atoms. The van der Waals surface area contributed by atoms with Crippen molar-refractivity contribution in [2.75, 3.05) is 18.9 Å². The second-order valence-corrected chi connectivity index (χ2v) is 2.61. The van der Waals surface area contributed by atoms with E-state index < -0.39 is 0 Å². The molecule has 0 aromatic carbocycles. The van der Waals surface area contributed by atoms with Crippen LogP contribution < -0.4 is 11.1 Å². The summed E-state index contributed by atoms with van der Waals surface area (Å²) in [7, 11) is 1.83. The van der Waals surface area contributed by atoms with Crippen LogP contribution in [-0.4, -0.2) is 28.0 Å². The molecule has 5 heteroatoms. The summed E-state index contributed by atoms with van der Waals surface area (Å²) >= 11 is 0. The van der Waals surface area contributed by atoms with Gasteiger partial charge in [0.2, 0.25) is 0 Å². The van der Waals surface area contributed by atoms with Gasteiger partial charge in [0.25, 0.3) is 0 Å². The molecule has 0 unspecified atom stereocenters. The maximum Gasteiger partial charge on any atom is 0.0991 e. The number of aliphatic hydroxyl groups is 1. The highest BCUT2D eigenvalue weighted by atomic mass is 16.3. The SMILES string of the molecule is Cn1cc(N)c(CNCCO)n1. The first-order valence-electron chi connectivity index (χ1n) is 3.83. The van der Waals surface area contributed by atoms with Gasteiger partial charge in [0, 0.05) is 26.3 Å². The van der Waals surface area contributed by atoms with Crippen LogP contribution in [0.3, 0.4) is 0 Å². The predicted octanol–water partition coefficient (Wildman–Crippen LogP) is -0.916. The second-order valence-electron chi connectivity index (χ2n) is 2.61. The average Bonchev–Trinajstić information content (AvgIpc) is 2.31. The van der Waals surface area contributed by atoms with Crippen molar-refractivity contribution in [3.05, 3.63) is 11.9 Å². The molecule has 0 saturated carbocycles. The minimum Gasteiger partial charge on any atom is -0.396 e. The van der Waals surface area contributed by atoms with Crippen molar-refractivity contribution in [1.29, 1.82) is 0 Å². The van der Waals surface area contributed by atoms with Gasteiger partial charge < -0.3 is 16.2 Å². The van der Waals surface area contributed by atoms with E-state index in [1.807, 2.05) is 7.05 Å². The summed E-state index contributed by atoms with van der Waals surface area (Å²) in [6, 6.07) is 0. The summed E-state index contributed by atoms with van der Waals surface area (Å²) in [6.45, 7) is 1.30. The molecule has 0 bridgehead atoms. The molecule has 5 nitrogen and oxygen atoms in total. The van der Waals surface area contributed by atoms with Crippen LogP contribution in [0.4, 0.5) is 5.69 Å². The Hall–Kier alpha value is -1.07. The van der Waals surface area contributed by atoms with Gasteiger partial charge in [-0.1, -0.05) is 0 Å². The minimum absolute atomic E-state index is 0.132. The number of hydrogen-bond acceptors (Lipinski definition) is 4. The Morgan fingerprint density at radius 3 is 3.00 bits per heavy atom. The lowest BCUT2D eigenvalue weighted by Gasteiger charge is -1.99. The summed E-state index contributed by atoms with van der Waals surface area (Å²) in [6.07, 6.45) is 1.76. The Labute approximate surface area is 71.2 Å². The average molecular weight is 170 g/mol. The summed E-state index contributed by atoms with van der Waals surface area (Å²) in [5.41, 5.74) is 7.15. The molecule has 4 N–H and O–H groups in total. The number of hydrogen-bond donors (Lipinski definition) is 3. The van der Waals surface area contributed by atoms with Crippen LogP contribution in [0.25, 0.3) is 0 Å². The molecule has 0 spiro atoms. The van der Waals surface area contributed by atoms with Crippen LogP contribution in [0.5, 0.6) is 0 Å². The van der Waals surface area contributed by atoms with E-state index in [-0.39, 0.29) is 6.61 Å². The van der Waals surface area contributed by atoms with Crippen LogP contribution in [0, 0.1) is 0 Å². The molecule has 1 rings (SSSR count). The normalized spacial score (nSPS) is 10.5. The van der Waals surface area contributed by atoms with Gasteiger partial charge in [-0.25, -0.2) is 0 Å². The Morgan fingerprint density at radius 2 is 2.50 bits per heavy atom. The van der Waals surface area contributed by atoms with Gasteiger partial charge in [-0.05, 0) is 0 Å². The van der Waals surface area contributed by atoms with Gasteiger partial charge in [-0.15, -0.1) is 0 Å². The molecule has 0 aliphatic rings. The van der Waals surface area contributed by atoms with Crippen molar-refractivity contribution in [2.45, 2.75) is 6.54 Å². The summed E-state index contributed by atoms with van der Waals surface area (Å²) in [5.74, 6) is 0. The molecular weight excluding hydrogens is 156 g/mol. The van der Waals surface area contributed by atoms with Crippen LogP contribution in [0.1, 0.15) is 5.69 Å². The zero-order chi connectivity index (χ0) is 8.97. The maximum absolute atomic E-state index is 8.50. The van der Waals surface area contributed by atoms with Gasteiger partial charge in [-0.2, -0.15) is 5.10 Å². The number of aliphatic hydroxyl groups excluding tert-OH is 1. The van der Waals surface area contributed by atoms with E-state index >= 15 is 0 Å². The third kappa shape index (κ3) is 2.21. The molecule has 0 aliphatic heterocycles. The Balaban J connectivity index is 2.45. The number of aromatic nitrogens is 2. The molecule has 1 aromatic heterocycles. The molecule has 0 saturated heterocycles. The fourth-order valence-corrected chi connectivity index (χ4v) is 0.976. The number of rotatable bonds is 4. The molecule has 0 atom stereocenters. The molecule has 0 fully saturated rings. The monoisotopic (exact) mass is 170 g/mol. The van der Waals surface area contributed by atoms with E-state index in [2.05, 4.69) is 10.4 Å². The van der Waals surface area contributed by atoms with Crippen molar-refractivity contribution in [3.63, 3.8) is 0 Å². The lowest BCUT2D eigenvalue weighted by molar-refractivity contribution is 0.291. The predicted molar refractivity (Wildman–Crippen MR) is 46.4 cm³/mol. The number of nitrogen functional groups attached to an aromatic ring is 1. The largest absolute Gasteiger partial charge is 0.396 e. The summed E-state index contributed by atoms with van der Waals surface area (Å²) in [4.78, 5) is 0. The van der Waals surface area contributed by atoms with Crippen molar-refractivity contribution in [2.24, 2.45) is 7.05 Å². The van der Waals surface area contributed by atoms with E-state index in [9.17, 15) is 0 Å². The van der Waals surface area contributed by atoms with Gasteiger partial charge in [0.05, 0.1) is 18.0 Å². The minimum atomic E-state index is 0.132. The van der Waals surface area contributed by atoms with E-state index in [0.717, 1.165) is 5.69 Å². The van der Waals surface area contributed by atoms with E-state index in [4.69, 9.17) is 10.8 Å². The van der Waals surface area contributed by atoms with Crippen LogP contribution >= 0.6 is 0 Å². The first-order chi connectivity index (χ1) is 5.74. The highest BCUT2D eigenvalue weighted by molar-refractivity contribution is 5.40. The molecule has 1 aromatic rings. The molecule has 0 radical (unpaired) electrons. The van der Waals surface area contributed by atoms with Crippen molar-refractivity contribution >= 4 is 5.69 Å². The zero-order valence-electron chi connectivity index (χ0n) is 7.12. The highest BCUT2D eigenvalue weighted by Crippen LogP contribution is 2.06. The molecule has 0 amide bonds. The molecular formula is C7H14N4O. The number of aryl methyl sites for hydroxylation is 1. The van der Waals surface area contributed by atoms with Crippen LogP contribution in [0.15, 0.2) is 6.20 Å². The lowest BCUT2D eigenvalue weighted by Crippen LogP contribution is -2.18. The first-order valence-corrected chi connectivity index (χ1v) is 3.83. The second kappa shape index (κ2) is 4.08. The molecule has 1 heterocycles. The number of nitrogens with zero attached hydrogens (tertiary/aromatic N) is 2. The third-order valence-electron chi connectivity index (χ3n) is 1.52. The van der Waals surface area contributed by atoms with Crippen molar-refractivity contribution in [1.82, 2.24) is 15.1 Å². The topological polar surface area (TPSA) is 76.1 Å². The molecule has 0 aliphatic carbocycles. The summed E-state index contributed by atoms with van der Waals surface area (Å²) in [5, 5.41) is 15.6. The maximum atomic E-state index is 8.50. The Morgan fingerprint density at radius 1 is 1.75 bits per heavy atom. The summed E-state index contributed by atoms with van der Waals surface area (Å²) < 4.78 is 1.67. The number of anilines is 1. The van der Waals surface area contributed by atoms with Crippen LogP contribution in [-0.2, 0) is 13.6 Å². The lowest BCUT2D eigenvalue weighted by atomic mass is 10.4. The highest BCUT2D eigenvalue weighted by Gasteiger charge is 2.01. The van der Waals surface area contributed by atoms with Crippen LogP contribution in [0.2, 0.25) is 0 Å². The van der Waals surface area contributed by atoms with Gasteiger partial charge >= 0.3 is 0 Å². The van der Waals surface area contributed by atoms with E-state index in [1.165, 1.54) is 0 Å². The quantitative estimate of drug-likeness (QED) is 0.511. The molecule has 68 valence electrons. The number of nitrogens with one attached hydrogen (secondary N) is 1. The fraction of sp³-hybridized carbons (Fsp3) is 0.571. The Kier molecular flexibility index (Phi) is 3.07. The fourth-order valence-electron chi connectivity index (χ4n) is 0.976. The van der Waals surface area contributed by atoms with E-state index in [0.29, 0.717) is 18.8 Å². The standard InChI is InChI=1S/C7H14N4O/c1-11-5-6(8)7(10-11)4-9-2-3-12/h5,9,12H,2-4,8H2,1H3. The number of nitrogens with two attached hydrogens (primary N) is 1. The van der Waals surface area contributed by atoms with Crippen molar-refractivity contribution < 1.29 is 5.11 Å². The van der Waals surface area contributed by atoms with Crippen molar-refractivity contribution in [3.8, 4) is 0 Å². The van der Waals surface area contributed by atoms with Gasteiger partial charge in [0.1, 0.15) is 0 Å². The Bertz CT molecular complexity index is 246. The smallest absolute Gasteiger partial charge is 0.0991 e. The van der Waals surface area contributed by atoms with E-state index in [1.54, 1.807) is 10.9 Å². The third-order valence-corrected chi connectivity index (χ3v) is 1.52. The van der Waals surface area contributed by atoms with Gasteiger partial charge in [-0.3, -0.25) is 4.68 Å².